The van der Waals surface area contributed by atoms with E-state index in [0.717, 1.165) is 17.1 Å². The van der Waals surface area contributed by atoms with Crippen molar-refractivity contribution in [3.63, 3.8) is 0 Å². The molecule has 0 bridgehead atoms. The van der Waals surface area contributed by atoms with Gasteiger partial charge in [0.2, 0.25) is 19.5 Å². The fourth-order valence-corrected chi connectivity index (χ4v) is 2.55. The molecule has 11 nitrogen and oxygen atoms in total. The van der Waals surface area contributed by atoms with Crippen molar-refractivity contribution in [2.24, 2.45) is 0 Å². The fraction of sp³-hybridized carbons (Fsp3) is 0.211. The lowest BCUT2D eigenvalue weighted by atomic mass is 10.2. The number of benzene rings is 2. The molecule has 2 aliphatic heterocycles. The molecular formula is C19H18N2O9. The maximum absolute atomic E-state index is 12.0. The number of fused-ring (bicyclic) bond motifs is 2. The molecule has 2 aromatic carbocycles. The van der Waals surface area contributed by atoms with Gasteiger partial charge in [0, 0.05) is 18.3 Å². The third-order valence-corrected chi connectivity index (χ3v) is 3.89. The second kappa shape index (κ2) is 9.47. The molecule has 11 heteroatoms. The van der Waals surface area contributed by atoms with Crippen LogP contribution in [0.1, 0.15) is 5.56 Å². The lowest BCUT2D eigenvalue weighted by Crippen LogP contribution is -2.27. The zero-order chi connectivity index (χ0) is 21.5. The highest BCUT2D eigenvalue weighted by Crippen LogP contribution is 2.34. The highest BCUT2D eigenvalue weighted by atomic mass is 16.7. The van der Waals surface area contributed by atoms with Crippen LogP contribution in [-0.4, -0.2) is 48.2 Å². The van der Waals surface area contributed by atoms with Crippen LogP contribution in [0.5, 0.6) is 23.0 Å². The molecule has 0 atom stereocenters. The number of carboxylic acids is 2. The highest BCUT2D eigenvalue weighted by molar-refractivity contribution is 6.27. The van der Waals surface area contributed by atoms with E-state index in [2.05, 4.69) is 10.6 Å². The monoisotopic (exact) mass is 418 g/mol. The summed E-state index contributed by atoms with van der Waals surface area (Å²) in [7, 11) is 0. The molecule has 2 aliphatic rings. The van der Waals surface area contributed by atoms with Gasteiger partial charge in [0.1, 0.15) is 0 Å². The van der Waals surface area contributed by atoms with E-state index >= 15 is 0 Å². The Bertz CT molecular complexity index is 949. The minimum Gasteiger partial charge on any atom is -0.473 e. The van der Waals surface area contributed by atoms with Gasteiger partial charge >= 0.3 is 11.9 Å². The van der Waals surface area contributed by atoms with Gasteiger partial charge in [-0.05, 0) is 29.8 Å². The first-order valence-corrected chi connectivity index (χ1v) is 8.67. The minimum absolute atomic E-state index is 0.130. The Morgan fingerprint density at radius 2 is 1.37 bits per heavy atom. The first-order valence-electron chi connectivity index (χ1n) is 8.67. The molecule has 0 saturated heterocycles. The summed E-state index contributed by atoms with van der Waals surface area (Å²) in [6.07, 6.45) is 0. The van der Waals surface area contributed by atoms with E-state index in [1.807, 2.05) is 18.2 Å². The van der Waals surface area contributed by atoms with E-state index in [1.54, 1.807) is 18.2 Å². The number of carbonyl (C=O) groups excluding carboxylic acids is 1. The highest BCUT2D eigenvalue weighted by Gasteiger charge is 2.15. The van der Waals surface area contributed by atoms with E-state index in [0.29, 0.717) is 23.7 Å². The standard InChI is InChI=1S/C17H16N2O5.C2H2O4/c20-17(19-12-2-4-14-16(6-12)24-10-22-14)8-18-7-11-1-3-13-15(5-11)23-9-21-13;3-1(4)2(5)6/h1-6,18H,7-10H2,(H,19,20);(H,3,4)(H,5,6). The summed E-state index contributed by atoms with van der Waals surface area (Å²) in [4.78, 5) is 30.2. The molecule has 0 saturated carbocycles. The number of aliphatic carboxylic acids is 2. The largest absolute Gasteiger partial charge is 0.473 e. The third kappa shape index (κ3) is 5.52. The minimum atomic E-state index is -1.82. The lowest BCUT2D eigenvalue weighted by Gasteiger charge is -2.08. The quantitative estimate of drug-likeness (QED) is 0.518. The number of carbonyl (C=O) groups is 3. The first kappa shape index (κ1) is 20.7. The Balaban J connectivity index is 0.000000377. The van der Waals surface area contributed by atoms with E-state index in [-0.39, 0.29) is 26.0 Å². The molecule has 0 aromatic heterocycles. The van der Waals surface area contributed by atoms with Crippen molar-refractivity contribution >= 4 is 23.5 Å². The number of anilines is 1. The Hall–Kier alpha value is -3.99. The fourth-order valence-electron chi connectivity index (χ4n) is 2.55. The number of amides is 1. The smallest absolute Gasteiger partial charge is 0.414 e. The molecule has 4 N–H and O–H groups in total. The van der Waals surface area contributed by atoms with Crippen molar-refractivity contribution in [2.45, 2.75) is 6.54 Å². The van der Waals surface area contributed by atoms with E-state index in [9.17, 15) is 4.79 Å². The SMILES string of the molecule is O=C(CNCc1ccc2c(c1)OCO2)Nc1ccc2c(c1)OCO2.O=C(O)C(=O)O. The molecule has 1 amide bonds. The average Bonchev–Trinajstić information content (AvgIpc) is 3.36. The summed E-state index contributed by atoms with van der Waals surface area (Å²) in [6.45, 7) is 1.22. The first-order chi connectivity index (χ1) is 14.4. The van der Waals surface area contributed by atoms with Crippen molar-refractivity contribution in [2.75, 3.05) is 25.4 Å². The summed E-state index contributed by atoms with van der Waals surface area (Å²) < 4.78 is 21.1. The second-order valence-electron chi connectivity index (χ2n) is 6.02. The third-order valence-electron chi connectivity index (χ3n) is 3.89. The average molecular weight is 418 g/mol. The number of carboxylic acid groups (broad SMARTS) is 2. The zero-order valence-corrected chi connectivity index (χ0v) is 15.5. The van der Waals surface area contributed by atoms with Crippen molar-refractivity contribution in [3.8, 4) is 23.0 Å². The maximum atomic E-state index is 12.0. The van der Waals surface area contributed by atoms with E-state index in [4.69, 9.17) is 38.7 Å². The lowest BCUT2D eigenvalue weighted by molar-refractivity contribution is -0.159. The topological polar surface area (TPSA) is 153 Å². The molecule has 0 spiro atoms. The van der Waals surface area contributed by atoms with Gasteiger partial charge in [0.05, 0.1) is 6.54 Å². The van der Waals surface area contributed by atoms with Crippen LogP contribution in [0, 0.1) is 0 Å². The summed E-state index contributed by atoms with van der Waals surface area (Å²) in [5.74, 6) is -0.965. The molecule has 0 radical (unpaired) electrons. The molecule has 0 aliphatic carbocycles. The summed E-state index contributed by atoms with van der Waals surface area (Å²) in [5.41, 5.74) is 1.70. The van der Waals surface area contributed by atoms with Crippen molar-refractivity contribution < 1.29 is 43.5 Å². The second-order valence-corrected chi connectivity index (χ2v) is 6.02. The van der Waals surface area contributed by atoms with Crippen molar-refractivity contribution in [3.05, 3.63) is 42.0 Å². The number of ether oxygens (including phenoxy) is 4. The molecule has 30 heavy (non-hydrogen) atoms. The molecule has 0 fully saturated rings. The Morgan fingerprint density at radius 3 is 2.00 bits per heavy atom. The number of hydrogen-bond donors (Lipinski definition) is 4. The molecular weight excluding hydrogens is 400 g/mol. The van der Waals surface area contributed by atoms with E-state index < -0.39 is 11.9 Å². The Labute approximate surface area is 170 Å². The number of rotatable bonds is 5. The summed E-state index contributed by atoms with van der Waals surface area (Å²) >= 11 is 0. The van der Waals surface area contributed by atoms with Gasteiger partial charge < -0.3 is 39.8 Å². The zero-order valence-electron chi connectivity index (χ0n) is 15.5. The molecule has 4 rings (SSSR count). The van der Waals surface area contributed by atoms with Gasteiger partial charge in [-0.25, -0.2) is 9.59 Å². The van der Waals surface area contributed by atoms with Crippen LogP contribution >= 0.6 is 0 Å². The predicted octanol–water partition coefficient (Wildman–Crippen LogP) is 1.03. The van der Waals surface area contributed by atoms with Crippen molar-refractivity contribution in [1.82, 2.24) is 5.32 Å². The summed E-state index contributed by atoms with van der Waals surface area (Å²) in [6, 6.07) is 11.0. The molecule has 2 aromatic rings. The predicted molar refractivity (Wildman–Crippen MR) is 101 cm³/mol. The summed E-state index contributed by atoms with van der Waals surface area (Å²) in [5, 5.41) is 20.7. The Morgan fingerprint density at radius 1 is 0.800 bits per heavy atom. The van der Waals surface area contributed by atoms with Gasteiger partial charge in [-0.3, -0.25) is 4.79 Å². The van der Waals surface area contributed by atoms with Crippen molar-refractivity contribution in [1.29, 1.82) is 0 Å². The van der Waals surface area contributed by atoms with Crippen LogP contribution in [-0.2, 0) is 20.9 Å². The van der Waals surface area contributed by atoms with Gasteiger partial charge in [0.25, 0.3) is 0 Å². The van der Waals surface area contributed by atoms with Gasteiger partial charge in [-0.1, -0.05) is 6.07 Å². The Kier molecular flexibility index (Phi) is 6.55. The number of hydrogen-bond acceptors (Lipinski definition) is 8. The molecule has 2 heterocycles. The van der Waals surface area contributed by atoms with Crippen LogP contribution in [0.15, 0.2) is 36.4 Å². The molecule has 0 unspecified atom stereocenters. The van der Waals surface area contributed by atoms with Gasteiger partial charge in [0.15, 0.2) is 23.0 Å². The van der Waals surface area contributed by atoms with Crippen LogP contribution in [0.3, 0.4) is 0 Å². The van der Waals surface area contributed by atoms with Crippen LogP contribution in [0.4, 0.5) is 5.69 Å². The van der Waals surface area contributed by atoms with Gasteiger partial charge in [-0.2, -0.15) is 0 Å². The van der Waals surface area contributed by atoms with Gasteiger partial charge in [-0.15, -0.1) is 0 Å². The van der Waals surface area contributed by atoms with E-state index in [1.165, 1.54) is 0 Å². The maximum Gasteiger partial charge on any atom is 0.414 e. The van der Waals surface area contributed by atoms with Crippen LogP contribution in [0.2, 0.25) is 0 Å². The normalized spacial score (nSPS) is 12.5. The van der Waals surface area contributed by atoms with Crippen LogP contribution < -0.4 is 29.6 Å². The molecule has 158 valence electrons. The number of nitrogens with one attached hydrogen (secondary N) is 2. The van der Waals surface area contributed by atoms with Crippen LogP contribution in [0.25, 0.3) is 0 Å².